The minimum absolute atomic E-state index is 0. The zero-order valence-electron chi connectivity index (χ0n) is 15.9. The molecule has 156 valence electrons. The van der Waals surface area contributed by atoms with Crippen molar-refractivity contribution in [1.29, 1.82) is 0 Å². The van der Waals surface area contributed by atoms with Crippen LogP contribution in [0.15, 0.2) is 54.6 Å². The van der Waals surface area contributed by atoms with Gasteiger partial charge in [0.2, 0.25) is 0 Å². The summed E-state index contributed by atoms with van der Waals surface area (Å²) in [6.45, 7) is 6.92. The van der Waals surface area contributed by atoms with Gasteiger partial charge in [-0.1, -0.05) is 30.3 Å². The number of piperazine rings is 1. The van der Waals surface area contributed by atoms with Gasteiger partial charge in [-0.3, -0.25) is 9.69 Å². The standard InChI is InChI=1S/C20H26N4O.3ClH/c1-16(22-20(25)18-9-5-6-10-19(18)21)15-23-11-13-24(14-12-23)17-7-3-2-4-8-17;;;/h2-10,16H,11-15,21H2,1H3,(H,22,25);3*1H. The van der Waals surface area contributed by atoms with Gasteiger partial charge in [0.15, 0.2) is 0 Å². The Morgan fingerprint density at radius 1 is 0.964 bits per heavy atom. The fourth-order valence-corrected chi connectivity index (χ4v) is 3.27. The SMILES string of the molecule is CC(CN1CCN(c2ccccc2)CC1)NC(=O)c1ccccc1N.Cl.Cl.Cl. The minimum Gasteiger partial charge on any atom is -0.398 e. The lowest BCUT2D eigenvalue weighted by Gasteiger charge is -2.37. The molecule has 0 aliphatic carbocycles. The highest BCUT2D eigenvalue weighted by Gasteiger charge is 2.20. The summed E-state index contributed by atoms with van der Waals surface area (Å²) in [5, 5.41) is 3.05. The lowest BCUT2D eigenvalue weighted by atomic mass is 10.1. The van der Waals surface area contributed by atoms with Crippen molar-refractivity contribution in [2.75, 3.05) is 43.4 Å². The monoisotopic (exact) mass is 446 g/mol. The number of hydrogen-bond acceptors (Lipinski definition) is 4. The van der Waals surface area contributed by atoms with Crippen LogP contribution in [0.5, 0.6) is 0 Å². The molecule has 1 aliphatic rings. The third-order valence-corrected chi connectivity index (χ3v) is 4.61. The zero-order chi connectivity index (χ0) is 17.6. The lowest BCUT2D eigenvalue weighted by Crippen LogP contribution is -2.50. The van der Waals surface area contributed by atoms with E-state index in [0.29, 0.717) is 11.3 Å². The van der Waals surface area contributed by atoms with Gasteiger partial charge in [0.25, 0.3) is 5.91 Å². The van der Waals surface area contributed by atoms with Gasteiger partial charge in [-0.05, 0) is 31.2 Å². The van der Waals surface area contributed by atoms with Gasteiger partial charge in [0.1, 0.15) is 0 Å². The Labute approximate surface area is 185 Å². The van der Waals surface area contributed by atoms with Gasteiger partial charge in [-0.25, -0.2) is 0 Å². The van der Waals surface area contributed by atoms with Crippen LogP contribution in [0.1, 0.15) is 17.3 Å². The number of hydrogen-bond donors (Lipinski definition) is 2. The van der Waals surface area contributed by atoms with E-state index in [9.17, 15) is 4.79 Å². The topological polar surface area (TPSA) is 61.6 Å². The minimum atomic E-state index is -0.103. The van der Waals surface area contributed by atoms with Crippen molar-refractivity contribution in [2.24, 2.45) is 0 Å². The summed E-state index contributed by atoms with van der Waals surface area (Å²) in [6, 6.07) is 17.8. The average molecular weight is 448 g/mol. The number of nitrogen functional groups attached to an aromatic ring is 1. The first-order chi connectivity index (χ1) is 12.1. The van der Waals surface area contributed by atoms with E-state index in [1.54, 1.807) is 12.1 Å². The second kappa shape index (κ2) is 12.7. The summed E-state index contributed by atoms with van der Waals surface area (Å²) >= 11 is 0. The Kier molecular flexibility index (Phi) is 12.0. The highest BCUT2D eigenvalue weighted by molar-refractivity contribution is 5.99. The Hall–Kier alpha value is -1.66. The summed E-state index contributed by atoms with van der Waals surface area (Å²) in [5.41, 5.74) is 8.22. The number of carbonyl (C=O) groups is 1. The fourth-order valence-electron chi connectivity index (χ4n) is 3.27. The van der Waals surface area contributed by atoms with Gasteiger partial charge in [0.05, 0.1) is 5.56 Å². The van der Waals surface area contributed by atoms with E-state index >= 15 is 0 Å². The van der Waals surface area contributed by atoms with E-state index in [-0.39, 0.29) is 49.2 Å². The van der Waals surface area contributed by atoms with E-state index in [2.05, 4.69) is 39.4 Å². The molecule has 0 saturated carbocycles. The maximum absolute atomic E-state index is 12.3. The molecule has 1 saturated heterocycles. The number of para-hydroxylation sites is 2. The Morgan fingerprint density at radius 3 is 2.14 bits per heavy atom. The van der Waals surface area contributed by atoms with Crippen LogP contribution >= 0.6 is 37.2 Å². The van der Waals surface area contributed by atoms with Gasteiger partial charge in [0, 0.05) is 50.1 Å². The molecule has 1 unspecified atom stereocenters. The van der Waals surface area contributed by atoms with E-state index in [4.69, 9.17) is 5.73 Å². The molecule has 0 bridgehead atoms. The van der Waals surface area contributed by atoms with E-state index in [0.717, 1.165) is 32.7 Å². The van der Waals surface area contributed by atoms with Crippen LogP contribution in [-0.2, 0) is 0 Å². The summed E-state index contributed by atoms with van der Waals surface area (Å²) in [7, 11) is 0. The van der Waals surface area contributed by atoms with Crippen molar-refractivity contribution in [2.45, 2.75) is 13.0 Å². The van der Waals surface area contributed by atoms with Crippen LogP contribution in [0.2, 0.25) is 0 Å². The summed E-state index contributed by atoms with van der Waals surface area (Å²) < 4.78 is 0. The fraction of sp³-hybridized carbons (Fsp3) is 0.350. The number of benzene rings is 2. The molecule has 8 heteroatoms. The third-order valence-electron chi connectivity index (χ3n) is 4.61. The molecule has 0 aromatic heterocycles. The number of nitrogens with one attached hydrogen (secondary N) is 1. The van der Waals surface area contributed by atoms with Crippen LogP contribution in [0.4, 0.5) is 11.4 Å². The number of carbonyl (C=O) groups excluding carboxylic acids is 1. The Balaban J connectivity index is 0.00000243. The summed E-state index contributed by atoms with van der Waals surface area (Å²) in [5.74, 6) is -0.103. The maximum Gasteiger partial charge on any atom is 0.253 e. The second-order valence-corrected chi connectivity index (χ2v) is 6.58. The van der Waals surface area contributed by atoms with Gasteiger partial charge >= 0.3 is 0 Å². The van der Waals surface area contributed by atoms with Crippen molar-refractivity contribution < 1.29 is 4.79 Å². The number of halogens is 3. The van der Waals surface area contributed by atoms with Gasteiger partial charge in [-0.15, -0.1) is 37.2 Å². The Bertz CT molecular complexity index is 710. The molecular formula is C20H29Cl3N4O. The molecule has 3 rings (SSSR count). The molecular weight excluding hydrogens is 419 g/mol. The van der Waals surface area contributed by atoms with Crippen LogP contribution in [0.25, 0.3) is 0 Å². The predicted molar refractivity (Wildman–Crippen MR) is 125 cm³/mol. The summed E-state index contributed by atoms with van der Waals surface area (Å²) in [4.78, 5) is 17.1. The van der Waals surface area contributed by atoms with Crippen LogP contribution in [0, 0.1) is 0 Å². The zero-order valence-corrected chi connectivity index (χ0v) is 18.4. The first kappa shape index (κ1) is 26.3. The van der Waals surface area contributed by atoms with Crippen LogP contribution < -0.4 is 16.0 Å². The molecule has 0 radical (unpaired) electrons. The molecule has 1 fully saturated rings. The van der Waals surface area contributed by atoms with Crippen LogP contribution in [-0.4, -0.2) is 49.6 Å². The molecule has 3 N–H and O–H groups in total. The van der Waals surface area contributed by atoms with E-state index in [1.807, 2.05) is 25.1 Å². The number of rotatable bonds is 5. The molecule has 0 spiro atoms. The van der Waals surface area contributed by atoms with Crippen molar-refractivity contribution >= 4 is 54.5 Å². The average Bonchev–Trinajstić information content (AvgIpc) is 2.63. The predicted octanol–water partition coefficient (Wildman–Crippen LogP) is 3.47. The van der Waals surface area contributed by atoms with Crippen molar-refractivity contribution in [3.8, 4) is 0 Å². The molecule has 1 amide bonds. The number of amides is 1. The first-order valence-corrected chi connectivity index (χ1v) is 8.81. The molecule has 1 aliphatic heterocycles. The molecule has 2 aromatic carbocycles. The molecule has 1 heterocycles. The van der Waals surface area contributed by atoms with Crippen molar-refractivity contribution in [3.63, 3.8) is 0 Å². The summed E-state index contributed by atoms with van der Waals surface area (Å²) in [6.07, 6.45) is 0. The normalized spacial score (nSPS) is 14.7. The quantitative estimate of drug-likeness (QED) is 0.689. The Morgan fingerprint density at radius 2 is 1.54 bits per heavy atom. The lowest BCUT2D eigenvalue weighted by molar-refractivity contribution is 0.0929. The van der Waals surface area contributed by atoms with Crippen molar-refractivity contribution in [3.05, 3.63) is 60.2 Å². The number of nitrogens with zero attached hydrogens (tertiary/aromatic N) is 2. The highest BCUT2D eigenvalue weighted by atomic mass is 35.5. The third kappa shape index (κ3) is 7.06. The maximum atomic E-state index is 12.3. The van der Waals surface area contributed by atoms with E-state index in [1.165, 1.54) is 5.69 Å². The molecule has 2 aromatic rings. The highest BCUT2D eigenvalue weighted by Crippen LogP contribution is 2.16. The van der Waals surface area contributed by atoms with Gasteiger partial charge in [-0.2, -0.15) is 0 Å². The second-order valence-electron chi connectivity index (χ2n) is 6.58. The first-order valence-electron chi connectivity index (χ1n) is 8.81. The van der Waals surface area contributed by atoms with Gasteiger partial charge < -0.3 is 16.0 Å². The smallest absolute Gasteiger partial charge is 0.253 e. The van der Waals surface area contributed by atoms with Crippen LogP contribution in [0.3, 0.4) is 0 Å². The molecule has 28 heavy (non-hydrogen) atoms. The molecule has 5 nitrogen and oxygen atoms in total. The van der Waals surface area contributed by atoms with E-state index < -0.39 is 0 Å². The number of anilines is 2. The van der Waals surface area contributed by atoms with Crippen molar-refractivity contribution in [1.82, 2.24) is 10.2 Å². The largest absolute Gasteiger partial charge is 0.398 e. The number of nitrogens with two attached hydrogens (primary N) is 1. The molecule has 1 atom stereocenters.